The fourth-order valence-corrected chi connectivity index (χ4v) is 3.57. The average Bonchev–Trinajstić information content (AvgIpc) is 3.27. The van der Waals surface area contributed by atoms with Crippen LogP contribution in [0.4, 0.5) is 15.8 Å². The second kappa shape index (κ2) is 9.14. The molecule has 0 radical (unpaired) electrons. The molecule has 1 N–H and O–H groups in total. The highest BCUT2D eigenvalue weighted by Crippen LogP contribution is 2.24. The Morgan fingerprint density at radius 1 is 1.10 bits per heavy atom. The highest BCUT2D eigenvalue weighted by atomic mass is 19.1. The summed E-state index contributed by atoms with van der Waals surface area (Å²) < 4.78 is 18.5. The zero-order valence-corrected chi connectivity index (χ0v) is 17.6. The Kier molecular flexibility index (Phi) is 6.13. The fourth-order valence-electron chi connectivity index (χ4n) is 3.57. The maximum atomic E-state index is 12.9. The monoisotopic (exact) mass is 420 g/mol. The third-order valence-electron chi connectivity index (χ3n) is 5.42. The highest BCUT2D eigenvalue weighted by molar-refractivity contribution is 6.04. The van der Waals surface area contributed by atoms with Crippen LogP contribution in [0.5, 0.6) is 11.6 Å². The van der Waals surface area contributed by atoms with E-state index in [0.717, 1.165) is 31.4 Å². The molecular weight excluding hydrogens is 395 g/mol. The van der Waals surface area contributed by atoms with Crippen molar-refractivity contribution < 1.29 is 13.9 Å². The van der Waals surface area contributed by atoms with Crippen LogP contribution >= 0.6 is 0 Å². The number of hydrogen-bond acceptors (Lipinski definition) is 5. The van der Waals surface area contributed by atoms with Gasteiger partial charge >= 0.3 is 0 Å². The van der Waals surface area contributed by atoms with Gasteiger partial charge in [0.1, 0.15) is 11.6 Å². The number of carbonyl (C=O) groups is 1. The Balaban J connectivity index is 1.34. The minimum absolute atomic E-state index is 0.201. The van der Waals surface area contributed by atoms with Gasteiger partial charge in [0.05, 0.1) is 6.20 Å². The van der Waals surface area contributed by atoms with Gasteiger partial charge in [0, 0.05) is 42.1 Å². The lowest BCUT2D eigenvalue weighted by atomic mass is 10.2. The van der Waals surface area contributed by atoms with Gasteiger partial charge in [-0.05, 0) is 75.1 Å². The standard InChI is InChI=1S/C24H25FN4O2/c1-28(2)21-13-14-29(16-21)20-8-6-19(7-9-20)27-24(30)17-3-10-22(11-4-17)31-23-12-5-18(25)15-26-23/h3-12,15,21H,13-14,16H2,1-2H3,(H,27,30). The number of anilines is 2. The summed E-state index contributed by atoms with van der Waals surface area (Å²) in [6.45, 7) is 2.05. The molecule has 4 rings (SSSR count). The minimum atomic E-state index is -0.425. The molecule has 2 aromatic carbocycles. The summed E-state index contributed by atoms with van der Waals surface area (Å²) in [5.74, 6) is 0.175. The van der Waals surface area contributed by atoms with Crippen LogP contribution in [0.3, 0.4) is 0 Å². The third-order valence-corrected chi connectivity index (χ3v) is 5.42. The molecule has 7 heteroatoms. The van der Waals surface area contributed by atoms with Crippen molar-refractivity contribution in [1.29, 1.82) is 0 Å². The van der Waals surface area contributed by atoms with Gasteiger partial charge in [-0.1, -0.05) is 0 Å². The van der Waals surface area contributed by atoms with Crippen molar-refractivity contribution in [2.24, 2.45) is 0 Å². The Bertz CT molecular complexity index is 1020. The molecule has 0 bridgehead atoms. The molecule has 1 unspecified atom stereocenters. The second-order valence-corrected chi connectivity index (χ2v) is 7.79. The van der Waals surface area contributed by atoms with E-state index in [1.165, 1.54) is 17.8 Å². The second-order valence-electron chi connectivity index (χ2n) is 7.79. The Morgan fingerprint density at radius 2 is 1.84 bits per heavy atom. The molecule has 2 heterocycles. The summed E-state index contributed by atoms with van der Waals surface area (Å²) in [6.07, 6.45) is 2.25. The van der Waals surface area contributed by atoms with E-state index in [1.54, 1.807) is 24.3 Å². The lowest BCUT2D eigenvalue weighted by Gasteiger charge is -2.22. The van der Waals surface area contributed by atoms with Crippen molar-refractivity contribution in [2.45, 2.75) is 12.5 Å². The molecule has 1 atom stereocenters. The number of aromatic nitrogens is 1. The lowest BCUT2D eigenvalue weighted by molar-refractivity contribution is 0.102. The Hall–Kier alpha value is -3.45. The molecule has 1 saturated heterocycles. The van der Waals surface area contributed by atoms with E-state index in [0.29, 0.717) is 17.4 Å². The first kappa shape index (κ1) is 20.8. The van der Waals surface area contributed by atoms with Gasteiger partial charge in [-0.2, -0.15) is 0 Å². The number of pyridine rings is 1. The first-order valence-corrected chi connectivity index (χ1v) is 10.2. The van der Waals surface area contributed by atoms with Crippen molar-refractivity contribution in [3.8, 4) is 11.6 Å². The van der Waals surface area contributed by atoms with Crippen LogP contribution in [0, 0.1) is 5.82 Å². The Morgan fingerprint density at radius 3 is 2.45 bits per heavy atom. The SMILES string of the molecule is CN(C)C1CCN(c2ccc(NC(=O)c3ccc(Oc4ccc(F)cn4)cc3)cc2)C1. The number of likely N-dealkylation sites (N-methyl/N-ethyl adjacent to an activating group) is 1. The van der Waals surface area contributed by atoms with E-state index in [-0.39, 0.29) is 11.8 Å². The van der Waals surface area contributed by atoms with Crippen LogP contribution in [-0.4, -0.2) is 49.0 Å². The van der Waals surface area contributed by atoms with Gasteiger partial charge in [-0.25, -0.2) is 9.37 Å². The largest absolute Gasteiger partial charge is 0.439 e. The molecule has 1 aliphatic heterocycles. The van der Waals surface area contributed by atoms with Gasteiger partial charge in [-0.15, -0.1) is 0 Å². The quantitative estimate of drug-likeness (QED) is 0.640. The molecule has 3 aromatic rings. The zero-order valence-electron chi connectivity index (χ0n) is 17.6. The molecule has 0 aliphatic carbocycles. The predicted octanol–water partition coefficient (Wildman–Crippen LogP) is 4.41. The summed E-state index contributed by atoms with van der Waals surface area (Å²) in [6, 6.07) is 17.9. The molecule has 0 saturated carbocycles. The van der Waals surface area contributed by atoms with E-state index >= 15 is 0 Å². The number of halogens is 1. The van der Waals surface area contributed by atoms with Gasteiger partial charge < -0.3 is 19.9 Å². The first-order chi connectivity index (χ1) is 15.0. The topological polar surface area (TPSA) is 57.7 Å². The first-order valence-electron chi connectivity index (χ1n) is 10.2. The molecule has 6 nitrogen and oxygen atoms in total. The van der Waals surface area contributed by atoms with Gasteiger partial charge in [0.15, 0.2) is 0 Å². The smallest absolute Gasteiger partial charge is 0.255 e. The van der Waals surface area contributed by atoms with Crippen molar-refractivity contribution >= 4 is 17.3 Å². The number of hydrogen-bond donors (Lipinski definition) is 1. The van der Waals surface area contributed by atoms with Crippen LogP contribution in [0.25, 0.3) is 0 Å². The third kappa shape index (κ3) is 5.19. The summed E-state index contributed by atoms with van der Waals surface area (Å²) in [7, 11) is 4.23. The number of carbonyl (C=O) groups excluding carboxylic acids is 1. The summed E-state index contributed by atoms with van der Waals surface area (Å²) >= 11 is 0. The van der Waals surface area contributed by atoms with Crippen LogP contribution in [0.1, 0.15) is 16.8 Å². The van der Waals surface area contributed by atoms with Gasteiger partial charge in [0.2, 0.25) is 5.88 Å². The molecule has 31 heavy (non-hydrogen) atoms. The van der Waals surface area contributed by atoms with E-state index in [1.807, 2.05) is 24.3 Å². The van der Waals surface area contributed by atoms with Crippen LogP contribution in [-0.2, 0) is 0 Å². The van der Waals surface area contributed by atoms with Crippen LogP contribution in [0.15, 0.2) is 66.9 Å². The molecule has 1 aromatic heterocycles. The number of nitrogens with one attached hydrogen (secondary N) is 1. The van der Waals surface area contributed by atoms with Gasteiger partial charge in [0.25, 0.3) is 5.91 Å². The highest BCUT2D eigenvalue weighted by Gasteiger charge is 2.23. The summed E-state index contributed by atoms with van der Waals surface area (Å²) in [5.41, 5.74) is 2.42. The van der Waals surface area contributed by atoms with Crippen molar-refractivity contribution in [2.75, 3.05) is 37.4 Å². The van der Waals surface area contributed by atoms with Crippen LogP contribution in [0.2, 0.25) is 0 Å². The Labute approximate surface area is 181 Å². The molecule has 0 spiro atoms. The molecule has 1 aliphatic rings. The number of amides is 1. The van der Waals surface area contributed by atoms with Crippen molar-refractivity contribution in [1.82, 2.24) is 9.88 Å². The maximum Gasteiger partial charge on any atom is 0.255 e. The van der Waals surface area contributed by atoms with Crippen molar-refractivity contribution in [3.05, 3.63) is 78.2 Å². The fraction of sp³-hybridized carbons (Fsp3) is 0.250. The zero-order chi connectivity index (χ0) is 21.8. The molecular formula is C24H25FN4O2. The number of rotatable bonds is 6. The number of nitrogens with zero attached hydrogens (tertiary/aromatic N) is 3. The minimum Gasteiger partial charge on any atom is -0.439 e. The normalized spacial score (nSPS) is 15.9. The van der Waals surface area contributed by atoms with Crippen LogP contribution < -0.4 is 15.0 Å². The summed E-state index contributed by atoms with van der Waals surface area (Å²) in [4.78, 5) is 21.0. The maximum absolute atomic E-state index is 12.9. The van der Waals surface area contributed by atoms with E-state index in [4.69, 9.17) is 4.74 Å². The molecule has 1 fully saturated rings. The van der Waals surface area contributed by atoms with E-state index < -0.39 is 5.82 Å². The number of ether oxygens (including phenoxy) is 1. The van der Waals surface area contributed by atoms with Crippen molar-refractivity contribution in [3.63, 3.8) is 0 Å². The predicted molar refractivity (Wildman–Crippen MR) is 119 cm³/mol. The number of benzene rings is 2. The molecule has 160 valence electrons. The van der Waals surface area contributed by atoms with Gasteiger partial charge in [-0.3, -0.25) is 4.79 Å². The van der Waals surface area contributed by atoms with E-state index in [2.05, 4.69) is 34.2 Å². The average molecular weight is 420 g/mol. The lowest BCUT2D eigenvalue weighted by Crippen LogP contribution is -2.31. The summed E-state index contributed by atoms with van der Waals surface area (Å²) in [5, 5.41) is 2.92. The van der Waals surface area contributed by atoms with E-state index in [9.17, 15) is 9.18 Å². The molecule has 1 amide bonds.